The van der Waals surface area contributed by atoms with E-state index in [2.05, 4.69) is 25.8 Å². The van der Waals surface area contributed by atoms with Gasteiger partial charge in [0.25, 0.3) is 0 Å². The number of hydrogen-bond donors (Lipinski definition) is 2. The van der Waals surface area contributed by atoms with Crippen molar-refractivity contribution in [1.82, 2.24) is 15.5 Å². The smallest absolute Gasteiger partial charge is 0.410 e. The monoisotopic (exact) mass is 395 g/mol. The Kier molecular flexibility index (Phi) is 6.25. The van der Waals surface area contributed by atoms with Crippen LogP contribution in [0.15, 0.2) is 39.7 Å². The highest BCUT2D eigenvalue weighted by atomic mass is 32.2. The van der Waals surface area contributed by atoms with Crippen LogP contribution in [0.25, 0.3) is 0 Å². The molecule has 8 nitrogen and oxygen atoms in total. The minimum atomic E-state index is -0.645. The number of rotatable bonds is 5. The number of benzene rings is 1. The molecule has 11 heteroatoms. The van der Waals surface area contributed by atoms with E-state index >= 15 is 0 Å². The van der Waals surface area contributed by atoms with Crippen LogP contribution in [0, 0.1) is 0 Å². The van der Waals surface area contributed by atoms with Crippen LogP contribution in [0.1, 0.15) is 0 Å². The van der Waals surface area contributed by atoms with Crippen LogP contribution < -0.4 is 15.4 Å². The second-order valence-corrected chi connectivity index (χ2v) is 7.86. The van der Waals surface area contributed by atoms with Crippen LogP contribution in [-0.4, -0.2) is 45.4 Å². The third kappa shape index (κ3) is 5.73. The third-order valence-corrected chi connectivity index (χ3v) is 5.59. The van der Waals surface area contributed by atoms with E-state index in [0.717, 1.165) is 12.3 Å². The summed E-state index contributed by atoms with van der Waals surface area (Å²) in [7, 11) is 0. The zero-order chi connectivity index (χ0) is 17.5. The molecule has 0 radical (unpaired) electrons. The number of aliphatic imine (C=N–C) groups is 1. The lowest BCUT2D eigenvalue weighted by Crippen LogP contribution is -2.28. The van der Waals surface area contributed by atoms with Gasteiger partial charge in [0.2, 0.25) is 11.0 Å². The molecule has 130 valence electrons. The van der Waals surface area contributed by atoms with Crippen molar-refractivity contribution in [3.8, 4) is 5.75 Å². The van der Waals surface area contributed by atoms with Gasteiger partial charge in [-0.05, 0) is 12.1 Å². The van der Waals surface area contributed by atoms with E-state index in [9.17, 15) is 9.59 Å². The number of amides is 2. The molecule has 2 amide bonds. The molecule has 0 atom stereocenters. The Labute approximate surface area is 155 Å². The van der Waals surface area contributed by atoms with Gasteiger partial charge in [-0.25, -0.2) is 4.79 Å². The van der Waals surface area contributed by atoms with E-state index in [1.54, 1.807) is 24.3 Å². The summed E-state index contributed by atoms with van der Waals surface area (Å²) in [5.41, 5.74) is 0. The van der Waals surface area contributed by atoms with E-state index < -0.39 is 6.09 Å². The fraction of sp³-hybridized carbons (Fsp3) is 0.214. The lowest BCUT2D eigenvalue weighted by Gasteiger charge is -2.03. The van der Waals surface area contributed by atoms with Gasteiger partial charge in [-0.15, -0.1) is 10.2 Å². The molecule has 0 aliphatic carbocycles. The normalized spacial score (nSPS) is 13.2. The molecule has 1 aromatic heterocycles. The number of carbonyl (C=O) groups is 2. The number of carbonyl (C=O) groups excluding carboxylic acids is 2. The summed E-state index contributed by atoms with van der Waals surface area (Å²) in [6.45, 7) is 0.734. The molecule has 2 aromatic rings. The fourth-order valence-electron chi connectivity index (χ4n) is 1.72. The average Bonchev–Trinajstić information content (AvgIpc) is 3.26. The van der Waals surface area contributed by atoms with Gasteiger partial charge in [0.1, 0.15) is 5.75 Å². The lowest BCUT2D eigenvalue weighted by molar-refractivity contribution is -0.117. The maximum Gasteiger partial charge on any atom is 0.418 e. The maximum atomic E-state index is 11.8. The minimum absolute atomic E-state index is 0.147. The summed E-state index contributed by atoms with van der Waals surface area (Å²) in [6, 6.07) is 8.71. The summed E-state index contributed by atoms with van der Waals surface area (Å²) in [5, 5.41) is 14.0. The number of aromatic nitrogens is 2. The van der Waals surface area contributed by atoms with Crippen molar-refractivity contribution >= 4 is 57.2 Å². The van der Waals surface area contributed by atoms with Crippen LogP contribution in [-0.2, 0) is 4.79 Å². The number of ether oxygens (including phenoxy) is 1. The number of para-hydroxylation sites is 1. The van der Waals surface area contributed by atoms with Gasteiger partial charge in [-0.2, -0.15) is 0 Å². The number of amidine groups is 1. The Morgan fingerprint density at radius 1 is 1.20 bits per heavy atom. The molecule has 1 aliphatic heterocycles. The number of nitrogens with zero attached hydrogens (tertiary/aromatic N) is 3. The van der Waals surface area contributed by atoms with Crippen molar-refractivity contribution in [3.05, 3.63) is 30.3 Å². The summed E-state index contributed by atoms with van der Waals surface area (Å²) in [6.07, 6.45) is -0.645. The molecule has 25 heavy (non-hydrogen) atoms. The first-order chi connectivity index (χ1) is 12.2. The van der Waals surface area contributed by atoms with Crippen molar-refractivity contribution in [1.29, 1.82) is 0 Å². The molecule has 2 N–H and O–H groups in total. The predicted octanol–water partition coefficient (Wildman–Crippen LogP) is 2.46. The highest BCUT2D eigenvalue weighted by Gasteiger charge is 2.14. The van der Waals surface area contributed by atoms with Crippen LogP contribution in [0.5, 0.6) is 5.75 Å². The quantitative estimate of drug-likeness (QED) is 0.592. The van der Waals surface area contributed by atoms with Gasteiger partial charge in [-0.1, -0.05) is 53.1 Å². The van der Waals surface area contributed by atoms with Crippen molar-refractivity contribution in [2.75, 3.05) is 23.4 Å². The maximum absolute atomic E-state index is 11.8. The van der Waals surface area contributed by atoms with Crippen molar-refractivity contribution in [3.63, 3.8) is 0 Å². The van der Waals surface area contributed by atoms with Gasteiger partial charge in [0.15, 0.2) is 9.51 Å². The van der Waals surface area contributed by atoms with E-state index in [4.69, 9.17) is 4.74 Å². The van der Waals surface area contributed by atoms with E-state index in [-0.39, 0.29) is 11.7 Å². The van der Waals surface area contributed by atoms with E-state index in [1.165, 1.54) is 34.9 Å². The average molecular weight is 395 g/mol. The number of hydrogen-bond acceptors (Lipinski definition) is 9. The molecule has 0 saturated heterocycles. The first-order valence-corrected chi connectivity index (χ1v) is 9.95. The molecule has 1 aromatic carbocycles. The van der Waals surface area contributed by atoms with Crippen molar-refractivity contribution in [2.45, 2.75) is 4.34 Å². The molecular formula is C14H13N5O3S3. The molecule has 0 spiro atoms. The topological polar surface area (TPSA) is 106 Å². The fourth-order valence-corrected chi connectivity index (χ4v) is 4.00. The Hall–Kier alpha value is -2.11. The Balaban J connectivity index is 1.44. The Morgan fingerprint density at radius 3 is 2.80 bits per heavy atom. The van der Waals surface area contributed by atoms with Crippen molar-refractivity contribution in [2.24, 2.45) is 4.99 Å². The summed E-state index contributed by atoms with van der Waals surface area (Å²) in [5.74, 6) is 1.38. The third-order valence-electron chi connectivity index (χ3n) is 2.73. The molecule has 0 unspecified atom stereocenters. The summed E-state index contributed by atoms with van der Waals surface area (Å²) >= 11 is 3.94. The number of nitrogens with one attached hydrogen (secondary N) is 2. The lowest BCUT2D eigenvalue weighted by atomic mass is 10.3. The van der Waals surface area contributed by atoms with Gasteiger partial charge in [0.05, 0.1) is 12.3 Å². The van der Waals surface area contributed by atoms with Gasteiger partial charge in [-0.3, -0.25) is 15.1 Å². The second kappa shape index (κ2) is 8.83. The first kappa shape index (κ1) is 17.7. The molecule has 2 heterocycles. The summed E-state index contributed by atoms with van der Waals surface area (Å²) < 4.78 is 5.68. The van der Waals surface area contributed by atoms with E-state index in [1.807, 2.05) is 6.07 Å². The van der Waals surface area contributed by atoms with Crippen LogP contribution in [0.4, 0.5) is 9.93 Å². The summed E-state index contributed by atoms with van der Waals surface area (Å²) in [4.78, 5) is 27.7. The zero-order valence-electron chi connectivity index (χ0n) is 12.8. The zero-order valence-corrected chi connectivity index (χ0v) is 15.2. The highest BCUT2D eigenvalue weighted by molar-refractivity contribution is 8.14. The molecule has 3 rings (SSSR count). The number of anilines is 1. The molecule has 0 bridgehead atoms. The van der Waals surface area contributed by atoms with Gasteiger partial charge < -0.3 is 10.1 Å². The first-order valence-electron chi connectivity index (χ1n) is 7.16. The Morgan fingerprint density at radius 2 is 2.04 bits per heavy atom. The SMILES string of the molecule is O=C(CSc1nnc(NC(=O)Oc2ccccc2)s1)NC1=NCCS1. The second-order valence-electron chi connectivity index (χ2n) is 4.57. The van der Waals surface area contributed by atoms with Crippen LogP contribution in [0.2, 0.25) is 0 Å². The highest BCUT2D eigenvalue weighted by Crippen LogP contribution is 2.25. The van der Waals surface area contributed by atoms with Crippen LogP contribution >= 0.6 is 34.9 Å². The molecule has 0 saturated carbocycles. The van der Waals surface area contributed by atoms with Gasteiger partial charge in [0, 0.05) is 5.75 Å². The largest absolute Gasteiger partial charge is 0.418 e. The Bertz CT molecular complexity index is 781. The van der Waals surface area contributed by atoms with Crippen molar-refractivity contribution < 1.29 is 14.3 Å². The molecule has 0 fully saturated rings. The molecular weight excluding hydrogens is 382 g/mol. The van der Waals surface area contributed by atoms with E-state index in [0.29, 0.717) is 20.4 Å². The number of thioether (sulfide) groups is 2. The molecule has 1 aliphatic rings. The predicted molar refractivity (Wildman–Crippen MR) is 99.6 cm³/mol. The van der Waals surface area contributed by atoms with Crippen LogP contribution in [0.3, 0.4) is 0 Å². The minimum Gasteiger partial charge on any atom is -0.410 e. The van der Waals surface area contributed by atoms with Gasteiger partial charge >= 0.3 is 6.09 Å². The standard InChI is InChI=1S/C14H13N5O3S3/c20-10(16-11-15-6-7-23-11)8-24-14-19-18-12(25-14)17-13(21)22-9-4-2-1-3-5-9/h1-5H,6-8H2,(H,15,16,20)(H,17,18,21).